The fourth-order valence-electron chi connectivity index (χ4n) is 2.31. The molecule has 2 amide bonds. The van der Waals surface area contributed by atoms with E-state index in [1.165, 1.54) is 0 Å². The van der Waals surface area contributed by atoms with Crippen molar-refractivity contribution in [3.8, 4) is 0 Å². The van der Waals surface area contributed by atoms with Gasteiger partial charge in [0, 0.05) is 29.4 Å². The summed E-state index contributed by atoms with van der Waals surface area (Å²) in [6, 6.07) is -0.859. The molecule has 1 heterocycles. The highest BCUT2D eigenvalue weighted by Gasteiger charge is 2.41. The Kier molecular flexibility index (Phi) is 5.97. The van der Waals surface area contributed by atoms with Gasteiger partial charge in [0.2, 0.25) is 11.8 Å². The molecule has 0 aromatic rings. The van der Waals surface area contributed by atoms with Crippen molar-refractivity contribution in [2.24, 2.45) is 5.92 Å². The highest BCUT2D eigenvalue weighted by Crippen LogP contribution is 2.19. The number of nitrogens with zero attached hydrogens (tertiary/aromatic N) is 1. The third-order valence-corrected chi connectivity index (χ3v) is 4.50. The van der Waals surface area contributed by atoms with Gasteiger partial charge in [-0.25, -0.2) is 0 Å². The molecule has 0 radical (unpaired) electrons. The van der Waals surface area contributed by atoms with Crippen LogP contribution >= 0.6 is 0 Å². The van der Waals surface area contributed by atoms with E-state index < -0.39 is 22.9 Å². The first-order valence-corrected chi connectivity index (χ1v) is 8.55. The second-order valence-corrected chi connectivity index (χ2v) is 6.66. The number of hydrogen-bond donors (Lipinski definition) is 1. The maximum absolute atomic E-state index is 12.5. The van der Waals surface area contributed by atoms with E-state index in [1.807, 2.05) is 20.8 Å². The molecule has 0 bridgehead atoms. The van der Waals surface area contributed by atoms with Crippen LogP contribution < -0.4 is 5.32 Å². The number of rotatable bonds is 6. The number of amides is 2. The third-order valence-electron chi connectivity index (χ3n) is 3.75. The summed E-state index contributed by atoms with van der Waals surface area (Å²) in [5.41, 5.74) is 0. The first kappa shape index (κ1) is 16.1. The first-order chi connectivity index (χ1) is 8.92. The highest BCUT2D eigenvalue weighted by atomic mass is 32.2. The maximum atomic E-state index is 12.5. The second kappa shape index (κ2) is 7.03. The zero-order chi connectivity index (χ0) is 14.6. The smallest absolute Gasteiger partial charge is 0.246 e. The van der Waals surface area contributed by atoms with Crippen LogP contribution in [-0.2, 0) is 20.4 Å². The molecule has 110 valence electrons. The van der Waals surface area contributed by atoms with E-state index in [1.54, 1.807) is 11.2 Å². The molecule has 5 nitrogen and oxygen atoms in total. The molecule has 1 saturated heterocycles. The van der Waals surface area contributed by atoms with Crippen molar-refractivity contribution in [3.05, 3.63) is 0 Å². The minimum Gasteiger partial charge on any atom is -0.342 e. The van der Waals surface area contributed by atoms with E-state index in [4.69, 9.17) is 0 Å². The summed E-state index contributed by atoms with van der Waals surface area (Å²) in [7, 11) is -0.960. The molecule has 0 spiro atoms. The molecule has 0 aromatic carbocycles. The minimum atomic E-state index is -0.960. The number of carbonyl (C=O) groups excluding carboxylic acids is 2. The van der Waals surface area contributed by atoms with Gasteiger partial charge in [-0.3, -0.25) is 13.8 Å². The fourth-order valence-corrected chi connectivity index (χ4v) is 2.76. The molecular weight excluding hydrogens is 264 g/mol. The minimum absolute atomic E-state index is 0.0359. The maximum Gasteiger partial charge on any atom is 0.246 e. The van der Waals surface area contributed by atoms with E-state index in [9.17, 15) is 13.8 Å². The molecule has 19 heavy (non-hydrogen) atoms. The number of nitrogens with one attached hydrogen (secondary N) is 1. The predicted octanol–water partition coefficient (Wildman–Crippen LogP) is 0.517. The molecular formula is C13H24N2O3S. The van der Waals surface area contributed by atoms with Crippen LogP contribution in [0.2, 0.25) is 0 Å². The van der Waals surface area contributed by atoms with Crippen LogP contribution in [0.5, 0.6) is 0 Å². The van der Waals surface area contributed by atoms with Gasteiger partial charge in [-0.1, -0.05) is 27.2 Å². The Morgan fingerprint density at radius 3 is 2.47 bits per heavy atom. The van der Waals surface area contributed by atoms with Gasteiger partial charge in [0.1, 0.15) is 12.1 Å². The molecule has 1 N–H and O–H groups in total. The summed E-state index contributed by atoms with van der Waals surface area (Å²) >= 11 is 0. The summed E-state index contributed by atoms with van der Waals surface area (Å²) in [5.74, 6) is 0.410. The molecule has 4 unspecified atom stereocenters. The first-order valence-electron chi connectivity index (χ1n) is 6.83. The van der Waals surface area contributed by atoms with Crippen LogP contribution in [-0.4, -0.2) is 51.6 Å². The number of piperazine rings is 1. The molecule has 1 fully saturated rings. The van der Waals surface area contributed by atoms with E-state index in [0.29, 0.717) is 18.7 Å². The van der Waals surface area contributed by atoms with Crippen molar-refractivity contribution in [1.82, 2.24) is 10.2 Å². The van der Waals surface area contributed by atoms with Crippen LogP contribution in [0.15, 0.2) is 0 Å². The Balaban J connectivity index is 2.89. The van der Waals surface area contributed by atoms with Crippen molar-refractivity contribution >= 4 is 22.6 Å². The summed E-state index contributed by atoms with van der Waals surface area (Å²) in [6.45, 7) is 6.24. The van der Waals surface area contributed by atoms with Crippen molar-refractivity contribution in [2.75, 3.05) is 18.6 Å². The zero-order valence-electron chi connectivity index (χ0n) is 12.1. The summed E-state index contributed by atoms with van der Waals surface area (Å²) in [4.78, 5) is 26.1. The van der Waals surface area contributed by atoms with Crippen LogP contribution in [0, 0.1) is 5.92 Å². The molecule has 1 aliphatic heterocycles. The predicted molar refractivity (Wildman–Crippen MR) is 76.1 cm³/mol. The van der Waals surface area contributed by atoms with E-state index in [-0.39, 0.29) is 17.7 Å². The monoisotopic (exact) mass is 288 g/mol. The van der Waals surface area contributed by atoms with Crippen LogP contribution in [0.1, 0.15) is 33.6 Å². The Hall–Kier alpha value is -0.910. The Labute approximate surface area is 117 Å². The standard InChI is InChI=1S/C13H24N2O3S/c1-5-9(3)11-13(17)15(7-8-19(4)18)10(6-2)12(16)14-11/h9-11H,5-8H2,1-4H3,(H,14,16). The molecule has 4 atom stereocenters. The number of carbonyl (C=O) groups is 2. The molecule has 0 saturated carbocycles. The van der Waals surface area contributed by atoms with E-state index in [0.717, 1.165) is 6.42 Å². The van der Waals surface area contributed by atoms with Gasteiger partial charge < -0.3 is 10.2 Å². The lowest BCUT2D eigenvalue weighted by Crippen LogP contribution is -2.65. The summed E-state index contributed by atoms with van der Waals surface area (Å²) in [6.07, 6.45) is 3.03. The quantitative estimate of drug-likeness (QED) is 0.775. The molecule has 0 aliphatic carbocycles. The van der Waals surface area contributed by atoms with Crippen LogP contribution in [0.4, 0.5) is 0 Å². The average molecular weight is 288 g/mol. The molecule has 1 rings (SSSR count). The average Bonchev–Trinajstić information content (AvgIpc) is 2.37. The normalized spacial score (nSPS) is 27.1. The van der Waals surface area contributed by atoms with Crippen LogP contribution in [0.25, 0.3) is 0 Å². The van der Waals surface area contributed by atoms with Crippen molar-refractivity contribution in [3.63, 3.8) is 0 Å². The van der Waals surface area contributed by atoms with Gasteiger partial charge in [0.25, 0.3) is 0 Å². The van der Waals surface area contributed by atoms with Crippen molar-refractivity contribution in [2.45, 2.75) is 45.7 Å². The molecule has 0 aromatic heterocycles. The SMILES string of the molecule is CCC(C)C1NC(=O)C(CC)N(CCS(C)=O)C1=O. The van der Waals surface area contributed by atoms with E-state index in [2.05, 4.69) is 5.32 Å². The third kappa shape index (κ3) is 3.78. The Bertz CT molecular complexity index is 373. The van der Waals surface area contributed by atoms with Gasteiger partial charge >= 0.3 is 0 Å². The Morgan fingerprint density at radius 2 is 2.00 bits per heavy atom. The molecule has 1 aliphatic rings. The zero-order valence-corrected chi connectivity index (χ0v) is 13.0. The lowest BCUT2D eigenvalue weighted by atomic mass is 9.93. The highest BCUT2D eigenvalue weighted by molar-refractivity contribution is 7.84. The van der Waals surface area contributed by atoms with Gasteiger partial charge in [-0.05, 0) is 12.3 Å². The number of hydrogen-bond acceptors (Lipinski definition) is 3. The van der Waals surface area contributed by atoms with Crippen molar-refractivity contribution in [1.29, 1.82) is 0 Å². The lowest BCUT2D eigenvalue weighted by Gasteiger charge is -2.40. The summed E-state index contributed by atoms with van der Waals surface area (Å²) < 4.78 is 11.2. The lowest BCUT2D eigenvalue weighted by molar-refractivity contribution is -0.150. The van der Waals surface area contributed by atoms with Crippen LogP contribution in [0.3, 0.4) is 0 Å². The fraction of sp³-hybridized carbons (Fsp3) is 0.846. The largest absolute Gasteiger partial charge is 0.342 e. The summed E-state index contributed by atoms with van der Waals surface area (Å²) in [5, 5.41) is 2.83. The van der Waals surface area contributed by atoms with E-state index >= 15 is 0 Å². The Morgan fingerprint density at radius 1 is 1.37 bits per heavy atom. The van der Waals surface area contributed by atoms with Crippen molar-refractivity contribution < 1.29 is 13.8 Å². The van der Waals surface area contributed by atoms with Gasteiger partial charge in [0.05, 0.1) is 0 Å². The van der Waals surface area contributed by atoms with Gasteiger partial charge in [-0.2, -0.15) is 0 Å². The topological polar surface area (TPSA) is 66.5 Å². The second-order valence-electron chi connectivity index (χ2n) is 5.10. The van der Waals surface area contributed by atoms with Gasteiger partial charge in [0.15, 0.2) is 0 Å². The molecule has 6 heteroatoms. The van der Waals surface area contributed by atoms with Gasteiger partial charge in [-0.15, -0.1) is 0 Å².